The summed E-state index contributed by atoms with van der Waals surface area (Å²) in [7, 11) is 0. The van der Waals surface area contributed by atoms with E-state index in [-0.39, 0.29) is 18.7 Å². The summed E-state index contributed by atoms with van der Waals surface area (Å²) in [6, 6.07) is 5.18. The number of amides is 2. The number of nitrogens with zero attached hydrogens (tertiary/aromatic N) is 4. The topological polar surface area (TPSA) is 83.3 Å². The number of rotatable bonds is 4. The van der Waals surface area contributed by atoms with Gasteiger partial charge in [0.25, 0.3) is 0 Å². The number of aliphatic hydroxyl groups is 1. The van der Waals surface area contributed by atoms with Crippen LogP contribution in [-0.2, 0) is 6.54 Å². The van der Waals surface area contributed by atoms with Gasteiger partial charge in [0.15, 0.2) is 0 Å². The number of pyridine rings is 1. The summed E-state index contributed by atoms with van der Waals surface area (Å²) in [5, 5.41) is 16.1. The van der Waals surface area contributed by atoms with Gasteiger partial charge in [0.1, 0.15) is 0 Å². The van der Waals surface area contributed by atoms with E-state index >= 15 is 0 Å². The third-order valence-electron chi connectivity index (χ3n) is 3.57. The van der Waals surface area contributed by atoms with E-state index in [0.717, 1.165) is 12.1 Å². The summed E-state index contributed by atoms with van der Waals surface area (Å²) in [5.41, 5.74) is 1.51. The number of urea groups is 1. The Morgan fingerprint density at radius 1 is 1.48 bits per heavy atom. The highest BCUT2D eigenvalue weighted by atomic mass is 16.3. The van der Waals surface area contributed by atoms with Crippen molar-refractivity contribution in [2.75, 3.05) is 18.5 Å². The van der Waals surface area contributed by atoms with Gasteiger partial charge in [-0.15, -0.1) is 0 Å². The van der Waals surface area contributed by atoms with Crippen LogP contribution in [0.1, 0.15) is 12.1 Å². The van der Waals surface area contributed by atoms with Gasteiger partial charge < -0.3 is 15.3 Å². The zero-order valence-corrected chi connectivity index (χ0v) is 11.5. The number of hydrogen-bond donors (Lipinski definition) is 2. The highest BCUT2D eigenvalue weighted by molar-refractivity contribution is 5.90. The van der Waals surface area contributed by atoms with Crippen molar-refractivity contribution in [2.24, 2.45) is 0 Å². The second-order valence-corrected chi connectivity index (χ2v) is 4.99. The maximum atomic E-state index is 12.1. The van der Waals surface area contributed by atoms with E-state index in [0.29, 0.717) is 18.8 Å². The lowest BCUT2D eigenvalue weighted by atomic mass is 10.1. The first-order valence-corrected chi connectivity index (χ1v) is 6.87. The lowest BCUT2D eigenvalue weighted by Crippen LogP contribution is -2.54. The summed E-state index contributed by atoms with van der Waals surface area (Å²) in [6.07, 6.45) is 6.09. The Morgan fingerprint density at radius 3 is 3.05 bits per heavy atom. The molecular formula is C14H17N5O2. The number of carbonyl (C=O) groups is 1. The minimum absolute atomic E-state index is 0.00825. The molecule has 0 saturated carbocycles. The average molecular weight is 287 g/mol. The van der Waals surface area contributed by atoms with Crippen LogP contribution in [0.2, 0.25) is 0 Å². The molecular weight excluding hydrogens is 270 g/mol. The molecule has 1 unspecified atom stereocenters. The SMILES string of the molecule is O=C(Nc1ccnc(Cn2cccn2)c1)N1CCC1CO. The van der Waals surface area contributed by atoms with E-state index < -0.39 is 0 Å². The van der Waals surface area contributed by atoms with E-state index in [2.05, 4.69) is 15.4 Å². The number of aliphatic hydroxyl groups excluding tert-OH is 1. The summed E-state index contributed by atoms with van der Waals surface area (Å²) < 4.78 is 1.77. The molecule has 2 aromatic heterocycles. The molecule has 21 heavy (non-hydrogen) atoms. The molecule has 1 atom stereocenters. The summed E-state index contributed by atoms with van der Waals surface area (Å²) in [4.78, 5) is 18.0. The Bertz CT molecular complexity index is 612. The van der Waals surface area contributed by atoms with Crippen molar-refractivity contribution in [3.8, 4) is 0 Å². The van der Waals surface area contributed by atoms with E-state index in [9.17, 15) is 4.79 Å². The van der Waals surface area contributed by atoms with Crippen LogP contribution in [0, 0.1) is 0 Å². The summed E-state index contributed by atoms with van der Waals surface area (Å²) in [6.45, 7) is 1.25. The predicted octanol–water partition coefficient (Wildman–Crippen LogP) is 0.925. The standard InChI is InChI=1S/C14H17N5O2/c20-10-13-3-7-19(13)14(21)17-11-2-5-15-12(8-11)9-18-6-1-4-16-18/h1-2,4-6,8,13,20H,3,7,9-10H2,(H,15,17,21). The number of anilines is 1. The molecule has 3 heterocycles. The molecule has 2 aromatic rings. The smallest absolute Gasteiger partial charge is 0.322 e. The molecule has 0 aromatic carbocycles. The minimum atomic E-state index is -0.184. The zero-order valence-electron chi connectivity index (χ0n) is 11.5. The first-order valence-electron chi connectivity index (χ1n) is 6.87. The van der Waals surface area contributed by atoms with Crippen LogP contribution in [0.5, 0.6) is 0 Å². The van der Waals surface area contributed by atoms with Crippen molar-refractivity contribution in [1.29, 1.82) is 0 Å². The van der Waals surface area contributed by atoms with Gasteiger partial charge in [-0.3, -0.25) is 9.67 Å². The van der Waals surface area contributed by atoms with Crippen LogP contribution in [-0.4, -0.2) is 50.0 Å². The quantitative estimate of drug-likeness (QED) is 0.876. The molecule has 0 radical (unpaired) electrons. The molecule has 0 bridgehead atoms. The van der Waals surface area contributed by atoms with Gasteiger partial charge in [0.2, 0.25) is 0 Å². The van der Waals surface area contributed by atoms with E-state index in [1.165, 1.54) is 0 Å². The summed E-state index contributed by atoms with van der Waals surface area (Å²) >= 11 is 0. The molecule has 3 rings (SSSR count). The Hall–Kier alpha value is -2.41. The normalized spacial score (nSPS) is 17.4. The molecule has 7 nitrogen and oxygen atoms in total. The van der Waals surface area contributed by atoms with E-state index in [1.54, 1.807) is 28.0 Å². The highest BCUT2D eigenvalue weighted by Gasteiger charge is 2.31. The lowest BCUT2D eigenvalue weighted by Gasteiger charge is -2.39. The number of carbonyl (C=O) groups excluding carboxylic acids is 1. The van der Waals surface area contributed by atoms with Crippen molar-refractivity contribution in [2.45, 2.75) is 19.0 Å². The Labute approximate surface area is 122 Å². The lowest BCUT2D eigenvalue weighted by molar-refractivity contribution is 0.0770. The Balaban J connectivity index is 1.64. The van der Waals surface area contributed by atoms with Crippen molar-refractivity contribution < 1.29 is 9.90 Å². The maximum absolute atomic E-state index is 12.1. The first kappa shape index (κ1) is 13.6. The highest BCUT2D eigenvalue weighted by Crippen LogP contribution is 2.18. The fraction of sp³-hybridized carbons (Fsp3) is 0.357. The van der Waals surface area contributed by atoms with Crippen LogP contribution in [0.25, 0.3) is 0 Å². The van der Waals surface area contributed by atoms with Crippen molar-refractivity contribution >= 4 is 11.7 Å². The van der Waals surface area contributed by atoms with Crippen molar-refractivity contribution in [1.82, 2.24) is 19.7 Å². The molecule has 1 aliphatic rings. The molecule has 0 spiro atoms. The molecule has 0 aliphatic carbocycles. The fourth-order valence-corrected chi connectivity index (χ4v) is 2.30. The third kappa shape index (κ3) is 3.03. The average Bonchev–Trinajstić information content (AvgIpc) is 2.91. The van der Waals surface area contributed by atoms with Crippen molar-refractivity contribution in [3.63, 3.8) is 0 Å². The molecule has 1 saturated heterocycles. The van der Waals surface area contributed by atoms with Crippen LogP contribution >= 0.6 is 0 Å². The maximum Gasteiger partial charge on any atom is 0.322 e. The van der Waals surface area contributed by atoms with Crippen LogP contribution < -0.4 is 5.32 Å². The van der Waals surface area contributed by atoms with Gasteiger partial charge in [-0.25, -0.2) is 4.79 Å². The van der Waals surface area contributed by atoms with Gasteiger partial charge in [-0.2, -0.15) is 5.10 Å². The fourth-order valence-electron chi connectivity index (χ4n) is 2.30. The summed E-state index contributed by atoms with van der Waals surface area (Å²) in [5.74, 6) is 0. The van der Waals surface area contributed by atoms with E-state index in [4.69, 9.17) is 5.11 Å². The van der Waals surface area contributed by atoms with Gasteiger partial charge in [0.05, 0.1) is 24.9 Å². The minimum Gasteiger partial charge on any atom is -0.394 e. The number of hydrogen-bond acceptors (Lipinski definition) is 4. The number of aromatic nitrogens is 3. The van der Waals surface area contributed by atoms with E-state index in [1.807, 2.05) is 18.3 Å². The molecule has 2 amide bonds. The van der Waals surface area contributed by atoms with Gasteiger partial charge in [0, 0.05) is 30.8 Å². The second kappa shape index (κ2) is 5.92. The number of likely N-dealkylation sites (tertiary alicyclic amines) is 1. The molecule has 110 valence electrons. The van der Waals surface area contributed by atoms with Gasteiger partial charge >= 0.3 is 6.03 Å². The Kier molecular flexibility index (Phi) is 3.83. The van der Waals surface area contributed by atoms with Crippen molar-refractivity contribution in [3.05, 3.63) is 42.5 Å². The zero-order chi connectivity index (χ0) is 14.7. The van der Waals surface area contributed by atoms with Gasteiger partial charge in [-0.1, -0.05) is 0 Å². The molecule has 1 fully saturated rings. The predicted molar refractivity (Wildman–Crippen MR) is 76.8 cm³/mol. The van der Waals surface area contributed by atoms with Crippen LogP contribution in [0.15, 0.2) is 36.8 Å². The third-order valence-corrected chi connectivity index (χ3v) is 3.57. The molecule has 2 N–H and O–H groups in total. The second-order valence-electron chi connectivity index (χ2n) is 4.99. The van der Waals surface area contributed by atoms with Crippen LogP contribution in [0.4, 0.5) is 10.5 Å². The van der Waals surface area contributed by atoms with Crippen LogP contribution in [0.3, 0.4) is 0 Å². The number of nitrogens with one attached hydrogen (secondary N) is 1. The Morgan fingerprint density at radius 2 is 2.38 bits per heavy atom. The monoisotopic (exact) mass is 287 g/mol. The first-order chi connectivity index (χ1) is 10.3. The van der Waals surface area contributed by atoms with Gasteiger partial charge in [-0.05, 0) is 24.6 Å². The molecule has 7 heteroatoms. The largest absolute Gasteiger partial charge is 0.394 e. The molecule has 1 aliphatic heterocycles.